The fourth-order valence-electron chi connectivity index (χ4n) is 2.31. The van der Waals surface area contributed by atoms with E-state index in [4.69, 9.17) is 4.98 Å². The molecule has 0 aliphatic rings. The molecule has 4 nitrogen and oxygen atoms in total. The average molecular weight is 349 g/mol. The SMILES string of the molecule is CN(C)C(=O)CSc1cnc(-c2ccccc2)c(-c2ccccc2)n1. The third-order valence-corrected chi connectivity index (χ3v) is 4.57. The third kappa shape index (κ3) is 4.25. The number of hydrogen-bond acceptors (Lipinski definition) is 4. The quantitative estimate of drug-likeness (QED) is 0.654. The first kappa shape index (κ1) is 17.2. The Hall–Kier alpha value is -2.66. The number of nitrogens with zero attached hydrogens (tertiary/aromatic N) is 3. The van der Waals surface area contributed by atoms with E-state index in [2.05, 4.69) is 4.98 Å². The molecule has 0 spiro atoms. The molecule has 3 aromatic rings. The summed E-state index contributed by atoms with van der Waals surface area (Å²) in [7, 11) is 3.50. The second-order valence-corrected chi connectivity index (χ2v) is 6.71. The zero-order valence-electron chi connectivity index (χ0n) is 14.2. The van der Waals surface area contributed by atoms with Crippen LogP contribution in [0.2, 0.25) is 0 Å². The Labute approximate surface area is 151 Å². The summed E-state index contributed by atoms with van der Waals surface area (Å²) < 4.78 is 0. The van der Waals surface area contributed by atoms with E-state index >= 15 is 0 Å². The standard InChI is InChI=1S/C20H19N3OS/c1-23(2)18(24)14-25-17-13-21-19(15-9-5-3-6-10-15)20(22-17)16-11-7-4-8-12-16/h3-13H,14H2,1-2H3. The van der Waals surface area contributed by atoms with Gasteiger partial charge in [-0.25, -0.2) is 4.98 Å². The Morgan fingerprint density at radius 1 is 0.920 bits per heavy atom. The molecule has 3 rings (SSSR count). The van der Waals surface area contributed by atoms with Crippen molar-refractivity contribution in [1.82, 2.24) is 14.9 Å². The van der Waals surface area contributed by atoms with Crippen LogP contribution in [0.5, 0.6) is 0 Å². The van der Waals surface area contributed by atoms with E-state index in [0.717, 1.165) is 27.5 Å². The minimum Gasteiger partial charge on any atom is -0.348 e. The van der Waals surface area contributed by atoms with Gasteiger partial charge < -0.3 is 4.90 Å². The molecule has 0 saturated carbocycles. The Balaban J connectivity index is 1.98. The normalized spacial score (nSPS) is 10.5. The summed E-state index contributed by atoms with van der Waals surface area (Å²) in [6, 6.07) is 20.0. The lowest BCUT2D eigenvalue weighted by Crippen LogP contribution is -2.23. The molecule has 126 valence electrons. The summed E-state index contributed by atoms with van der Waals surface area (Å²) in [5.74, 6) is 0.404. The van der Waals surface area contributed by atoms with Crippen molar-refractivity contribution in [3.63, 3.8) is 0 Å². The van der Waals surface area contributed by atoms with Crippen molar-refractivity contribution < 1.29 is 4.79 Å². The van der Waals surface area contributed by atoms with E-state index in [0.29, 0.717) is 5.75 Å². The molecule has 25 heavy (non-hydrogen) atoms. The second kappa shape index (κ2) is 7.94. The minimum atomic E-state index is 0.0557. The van der Waals surface area contributed by atoms with Gasteiger partial charge in [-0.1, -0.05) is 72.4 Å². The maximum absolute atomic E-state index is 11.8. The fraction of sp³-hybridized carbons (Fsp3) is 0.150. The van der Waals surface area contributed by atoms with Crippen LogP contribution in [0.4, 0.5) is 0 Å². The maximum atomic E-state index is 11.8. The van der Waals surface area contributed by atoms with E-state index in [1.54, 1.807) is 25.2 Å². The molecule has 1 heterocycles. The van der Waals surface area contributed by atoms with E-state index in [-0.39, 0.29) is 5.91 Å². The zero-order valence-corrected chi connectivity index (χ0v) is 15.0. The van der Waals surface area contributed by atoms with Gasteiger partial charge in [-0.3, -0.25) is 9.78 Å². The van der Waals surface area contributed by atoms with Gasteiger partial charge >= 0.3 is 0 Å². The van der Waals surface area contributed by atoms with Crippen molar-refractivity contribution in [3.8, 4) is 22.5 Å². The van der Waals surface area contributed by atoms with Crippen LogP contribution in [0.15, 0.2) is 71.9 Å². The first-order valence-corrected chi connectivity index (χ1v) is 8.94. The Bertz CT molecular complexity index is 851. The van der Waals surface area contributed by atoms with Gasteiger partial charge in [-0.2, -0.15) is 0 Å². The zero-order chi connectivity index (χ0) is 17.6. The van der Waals surface area contributed by atoms with E-state index in [9.17, 15) is 4.79 Å². The molecular formula is C20H19N3OS. The highest BCUT2D eigenvalue weighted by atomic mass is 32.2. The molecule has 1 amide bonds. The molecule has 5 heteroatoms. The van der Waals surface area contributed by atoms with Crippen LogP contribution in [-0.4, -0.2) is 40.6 Å². The molecule has 0 unspecified atom stereocenters. The highest BCUT2D eigenvalue weighted by Gasteiger charge is 2.13. The van der Waals surface area contributed by atoms with Gasteiger partial charge in [0.1, 0.15) is 5.03 Å². The highest BCUT2D eigenvalue weighted by Crippen LogP contribution is 2.30. The summed E-state index contributed by atoms with van der Waals surface area (Å²) in [4.78, 5) is 22.8. The molecule has 0 radical (unpaired) electrons. The fourth-order valence-corrected chi connectivity index (χ4v) is 3.12. The smallest absolute Gasteiger partial charge is 0.232 e. The lowest BCUT2D eigenvalue weighted by atomic mass is 10.0. The Morgan fingerprint density at radius 3 is 2.04 bits per heavy atom. The van der Waals surface area contributed by atoms with Crippen molar-refractivity contribution in [2.45, 2.75) is 5.03 Å². The number of rotatable bonds is 5. The number of amides is 1. The van der Waals surface area contributed by atoms with Crippen molar-refractivity contribution in [3.05, 3.63) is 66.9 Å². The van der Waals surface area contributed by atoms with E-state index in [1.165, 1.54) is 11.8 Å². The largest absolute Gasteiger partial charge is 0.348 e. The summed E-state index contributed by atoms with van der Waals surface area (Å²) >= 11 is 1.40. The molecule has 0 atom stereocenters. The first-order chi connectivity index (χ1) is 12.1. The molecule has 0 bridgehead atoms. The summed E-state index contributed by atoms with van der Waals surface area (Å²) in [5, 5.41) is 0.744. The summed E-state index contributed by atoms with van der Waals surface area (Å²) in [6.45, 7) is 0. The van der Waals surface area contributed by atoms with Crippen molar-refractivity contribution in [2.24, 2.45) is 0 Å². The lowest BCUT2D eigenvalue weighted by molar-refractivity contribution is -0.125. The summed E-state index contributed by atoms with van der Waals surface area (Å²) in [5.41, 5.74) is 3.70. The van der Waals surface area contributed by atoms with Crippen molar-refractivity contribution in [1.29, 1.82) is 0 Å². The van der Waals surface area contributed by atoms with Crippen LogP contribution in [-0.2, 0) is 4.79 Å². The van der Waals surface area contributed by atoms with Gasteiger partial charge in [-0.15, -0.1) is 0 Å². The molecule has 1 aromatic heterocycles. The van der Waals surface area contributed by atoms with Gasteiger partial charge in [-0.05, 0) is 0 Å². The topological polar surface area (TPSA) is 46.1 Å². The number of thioether (sulfide) groups is 1. The van der Waals surface area contributed by atoms with Crippen LogP contribution in [0.25, 0.3) is 22.5 Å². The number of aromatic nitrogens is 2. The van der Waals surface area contributed by atoms with Gasteiger partial charge in [0.05, 0.1) is 23.3 Å². The average Bonchev–Trinajstić information content (AvgIpc) is 2.67. The predicted molar refractivity (Wildman–Crippen MR) is 102 cm³/mol. The van der Waals surface area contributed by atoms with Gasteiger partial charge in [0, 0.05) is 25.2 Å². The van der Waals surface area contributed by atoms with Crippen molar-refractivity contribution >= 4 is 17.7 Å². The molecule has 0 N–H and O–H groups in total. The van der Waals surface area contributed by atoms with Gasteiger partial charge in [0.25, 0.3) is 0 Å². The lowest BCUT2D eigenvalue weighted by Gasteiger charge is -2.12. The molecule has 0 aliphatic carbocycles. The minimum absolute atomic E-state index is 0.0557. The Kier molecular flexibility index (Phi) is 5.46. The van der Waals surface area contributed by atoms with E-state index < -0.39 is 0 Å². The molecule has 0 fully saturated rings. The third-order valence-electron chi connectivity index (χ3n) is 3.69. The second-order valence-electron chi connectivity index (χ2n) is 5.71. The van der Waals surface area contributed by atoms with E-state index in [1.807, 2.05) is 60.7 Å². The summed E-state index contributed by atoms with van der Waals surface area (Å²) in [6.07, 6.45) is 1.74. The van der Waals surface area contributed by atoms with Crippen LogP contribution >= 0.6 is 11.8 Å². The van der Waals surface area contributed by atoms with Crippen molar-refractivity contribution in [2.75, 3.05) is 19.8 Å². The number of carbonyl (C=O) groups excluding carboxylic acids is 1. The van der Waals surface area contributed by atoms with Crippen LogP contribution < -0.4 is 0 Å². The number of carbonyl (C=O) groups is 1. The van der Waals surface area contributed by atoms with Crippen LogP contribution in [0, 0.1) is 0 Å². The molecule has 2 aromatic carbocycles. The number of hydrogen-bond donors (Lipinski definition) is 0. The Morgan fingerprint density at radius 2 is 1.48 bits per heavy atom. The molecule has 0 aliphatic heterocycles. The first-order valence-electron chi connectivity index (χ1n) is 7.96. The van der Waals surface area contributed by atoms with Gasteiger partial charge in [0.15, 0.2) is 0 Å². The van der Waals surface area contributed by atoms with Crippen LogP contribution in [0.1, 0.15) is 0 Å². The molecular weight excluding hydrogens is 330 g/mol. The molecule has 0 saturated heterocycles. The van der Waals surface area contributed by atoms with Gasteiger partial charge in [0.2, 0.25) is 5.91 Å². The predicted octanol–water partition coefficient (Wildman–Crippen LogP) is 3.99. The monoisotopic (exact) mass is 349 g/mol. The highest BCUT2D eigenvalue weighted by molar-refractivity contribution is 7.99. The maximum Gasteiger partial charge on any atom is 0.232 e. The van der Waals surface area contributed by atoms with Crippen LogP contribution in [0.3, 0.4) is 0 Å². The number of benzene rings is 2.